The minimum absolute atomic E-state index is 0.0613. The highest BCUT2D eigenvalue weighted by atomic mass is 16.3. The van der Waals surface area contributed by atoms with E-state index in [0.717, 1.165) is 11.1 Å². The molecule has 224 valence electrons. The van der Waals surface area contributed by atoms with E-state index in [1.807, 2.05) is 24.3 Å². The minimum Gasteiger partial charge on any atom is -0.508 e. The molecule has 0 fully saturated rings. The van der Waals surface area contributed by atoms with Crippen LogP contribution in [0.1, 0.15) is 25.0 Å². The normalized spacial score (nSPS) is 11.4. The van der Waals surface area contributed by atoms with E-state index in [1.165, 1.54) is 0 Å². The van der Waals surface area contributed by atoms with Gasteiger partial charge in [-0.05, 0) is 106 Å². The van der Waals surface area contributed by atoms with E-state index in [0.29, 0.717) is 44.5 Å². The molecule has 0 spiro atoms. The van der Waals surface area contributed by atoms with Crippen molar-refractivity contribution in [2.75, 3.05) is 0 Å². The van der Waals surface area contributed by atoms with Gasteiger partial charge < -0.3 is 30.6 Å². The van der Waals surface area contributed by atoms with Gasteiger partial charge in [0.1, 0.15) is 34.5 Å². The molecule has 0 aliphatic carbocycles. The second-order valence-corrected chi connectivity index (χ2v) is 11.7. The van der Waals surface area contributed by atoms with E-state index in [2.05, 4.69) is 13.8 Å². The molecule has 0 saturated carbocycles. The van der Waals surface area contributed by atoms with E-state index in [-0.39, 0.29) is 34.5 Å². The van der Waals surface area contributed by atoms with Crippen LogP contribution >= 0.6 is 0 Å². The Kier molecular flexibility index (Phi) is 7.35. The SMILES string of the molecule is CC(C)(c1cc(-c2ccc(O)cc2)c(O)c(-c2ccc(O)cc2)c1)c1cc(-c2ccc(O)cc2)c(O)c(-c2ccc(O)cc2)c1. The van der Waals surface area contributed by atoms with E-state index < -0.39 is 5.41 Å². The summed E-state index contributed by atoms with van der Waals surface area (Å²) in [6.45, 7) is 4.13. The lowest BCUT2D eigenvalue weighted by Gasteiger charge is -2.30. The Morgan fingerprint density at radius 2 is 0.533 bits per heavy atom. The standard InChI is InChI=1S/C39H32O6/c1-39(2,27-19-33(23-3-11-29(40)12-4-23)37(44)34(20-27)24-5-13-30(41)14-6-24)28-21-35(25-7-15-31(42)16-8-25)38(45)36(22-28)26-9-17-32(43)18-10-26/h3-22,40-45H,1-2H3. The first-order chi connectivity index (χ1) is 21.5. The van der Waals surface area contributed by atoms with Crippen LogP contribution < -0.4 is 0 Å². The molecule has 0 aliphatic rings. The Bertz CT molecular complexity index is 1710. The van der Waals surface area contributed by atoms with Crippen molar-refractivity contribution in [3.8, 4) is 79.0 Å². The van der Waals surface area contributed by atoms with Crippen LogP contribution in [0, 0.1) is 0 Å². The van der Waals surface area contributed by atoms with Gasteiger partial charge in [0.2, 0.25) is 0 Å². The van der Waals surface area contributed by atoms with Crippen molar-refractivity contribution in [3.05, 3.63) is 132 Å². The first-order valence-corrected chi connectivity index (χ1v) is 14.4. The maximum absolute atomic E-state index is 11.6. The van der Waals surface area contributed by atoms with Gasteiger partial charge in [-0.1, -0.05) is 62.4 Å². The van der Waals surface area contributed by atoms with E-state index in [9.17, 15) is 30.6 Å². The third-order valence-electron chi connectivity index (χ3n) is 8.38. The van der Waals surface area contributed by atoms with Gasteiger partial charge >= 0.3 is 0 Å². The Morgan fingerprint density at radius 3 is 0.733 bits per heavy atom. The maximum Gasteiger partial charge on any atom is 0.131 e. The largest absolute Gasteiger partial charge is 0.508 e. The second kappa shape index (κ2) is 11.3. The van der Waals surface area contributed by atoms with Gasteiger partial charge in [-0.25, -0.2) is 0 Å². The zero-order valence-corrected chi connectivity index (χ0v) is 24.7. The number of benzene rings is 6. The smallest absolute Gasteiger partial charge is 0.131 e. The Morgan fingerprint density at radius 1 is 0.333 bits per heavy atom. The van der Waals surface area contributed by atoms with E-state index in [1.54, 1.807) is 97.1 Å². The van der Waals surface area contributed by atoms with Crippen molar-refractivity contribution in [1.29, 1.82) is 0 Å². The number of rotatable bonds is 6. The summed E-state index contributed by atoms with van der Waals surface area (Å²) in [5.41, 5.74) is 6.17. The highest BCUT2D eigenvalue weighted by Gasteiger charge is 2.29. The summed E-state index contributed by atoms with van der Waals surface area (Å²) in [6.07, 6.45) is 0. The molecule has 0 heterocycles. The summed E-state index contributed by atoms with van der Waals surface area (Å²) in [5.74, 6) is 0.571. The monoisotopic (exact) mass is 596 g/mol. The molecule has 0 amide bonds. The number of aromatic hydroxyl groups is 6. The first kappa shape index (κ1) is 29.2. The molecule has 0 aromatic heterocycles. The molecule has 6 aromatic rings. The number of phenolic OH excluding ortho intramolecular Hbond substituents is 6. The molecule has 6 aromatic carbocycles. The summed E-state index contributed by atoms with van der Waals surface area (Å²) in [7, 11) is 0. The fourth-order valence-corrected chi connectivity index (χ4v) is 5.60. The topological polar surface area (TPSA) is 121 Å². The second-order valence-electron chi connectivity index (χ2n) is 11.7. The lowest BCUT2D eigenvalue weighted by atomic mass is 9.74. The van der Waals surface area contributed by atoms with E-state index >= 15 is 0 Å². The lowest BCUT2D eigenvalue weighted by Crippen LogP contribution is -2.19. The zero-order chi connectivity index (χ0) is 31.9. The van der Waals surface area contributed by atoms with Crippen LogP contribution in [0.3, 0.4) is 0 Å². The summed E-state index contributed by atoms with van der Waals surface area (Å²) < 4.78 is 0. The predicted octanol–water partition coefficient (Wildman–Crippen LogP) is 8.91. The maximum atomic E-state index is 11.6. The van der Waals surface area contributed by atoms with Gasteiger partial charge in [0.05, 0.1) is 0 Å². The zero-order valence-electron chi connectivity index (χ0n) is 24.7. The molecule has 6 heteroatoms. The highest BCUT2D eigenvalue weighted by molar-refractivity contribution is 5.86. The fraction of sp³-hybridized carbons (Fsp3) is 0.0769. The van der Waals surface area contributed by atoms with Crippen molar-refractivity contribution in [3.63, 3.8) is 0 Å². The molecule has 0 saturated heterocycles. The van der Waals surface area contributed by atoms with Crippen LogP contribution in [-0.4, -0.2) is 30.6 Å². The predicted molar refractivity (Wildman–Crippen MR) is 177 cm³/mol. The molecule has 6 rings (SSSR count). The first-order valence-electron chi connectivity index (χ1n) is 14.4. The molecule has 0 atom stereocenters. The van der Waals surface area contributed by atoms with Crippen LogP contribution in [-0.2, 0) is 5.41 Å². The molecule has 0 unspecified atom stereocenters. The van der Waals surface area contributed by atoms with Crippen molar-refractivity contribution in [2.45, 2.75) is 19.3 Å². The van der Waals surface area contributed by atoms with Crippen molar-refractivity contribution >= 4 is 0 Å². The third-order valence-corrected chi connectivity index (χ3v) is 8.38. The van der Waals surface area contributed by atoms with E-state index in [4.69, 9.17) is 0 Å². The summed E-state index contributed by atoms with van der Waals surface area (Å²) in [6, 6.07) is 34.2. The summed E-state index contributed by atoms with van der Waals surface area (Å²) in [4.78, 5) is 0. The van der Waals surface area contributed by atoms with Crippen molar-refractivity contribution in [1.82, 2.24) is 0 Å². The Balaban J connectivity index is 1.60. The van der Waals surface area contributed by atoms with Crippen LogP contribution in [0.25, 0.3) is 44.5 Å². The van der Waals surface area contributed by atoms with Crippen LogP contribution in [0.2, 0.25) is 0 Å². The summed E-state index contributed by atoms with van der Waals surface area (Å²) in [5, 5.41) is 62.8. The minimum atomic E-state index is -0.684. The quantitative estimate of drug-likeness (QED) is 0.114. The molecular formula is C39H32O6. The van der Waals surface area contributed by atoms with Crippen LogP contribution in [0.5, 0.6) is 34.5 Å². The fourth-order valence-electron chi connectivity index (χ4n) is 5.60. The highest BCUT2D eigenvalue weighted by Crippen LogP contribution is 2.47. The molecule has 6 N–H and O–H groups in total. The average molecular weight is 597 g/mol. The lowest BCUT2D eigenvalue weighted by molar-refractivity contribution is 0.474. The van der Waals surface area contributed by atoms with Gasteiger partial charge in [0.25, 0.3) is 0 Å². The van der Waals surface area contributed by atoms with Crippen LogP contribution in [0.4, 0.5) is 0 Å². The van der Waals surface area contributed by atoms with Crippen molar-refractivity contribution in [2.24, 2.45) is 0 Å². The molecule has 6 nitrogen and oxygen atoms in total. The molecular weight excluding hydrogens is 564 g/mol. The van der Waals surface area contributed by atoms with Gasteiger partial charge in [-0.15, -0.1) is 0 Å². The summed E-state index contributed by atoms with van der Waals surface area (Å²) >= 11 is 0. The molecule has 0 aliphatic heterocycles. The number of hydrogen-bond acceptors (Lipinski definition) is 6. The van der Waals surface area contributed by atoms with Gasteiger partial charge in [-0.3, -0.25) is 0 Å². The molecule has 0 bridgehead atoms. The molecule has 0 radical (unpaired) electrons. The Hall–Kier alpha value is -5.88. The van der Waals surface area contributed by atoms with Crippen molar-refractivity contribution < 1.29 is 30.6 Å². The Labute approximate surface area is 261 Å². The number of hydrogen-bond donors (Lipinski definition) is 6. The molecule has 45 heavy (non-hydrogen) atoms. The third kappa shape index (κ3) is 5.61. The average Bonchev–Trinajstić information content (AvgIpc) is 3.03. The van der Waals surface area contributed by atoms with Gasteiger partial charge in [0.15, 0.2) is 0 Å². The van der Waals surface area contributed by atoms with Gasteiger partial charge in [-0.2, -0.15) is 0 Å². The number of phenols is 6. The van der Waals surface area contributed by atoms with Crippen LogP contribution in [0.15, 0.2) is 121 Å². The van der Waals surface area contributed by atoms with Gasteiger partial charge in [0, 0.05) is 27.7 Å².